The molecule has 1 nitrogen and oxygen atoms in total. The number of benzene rings is 1. The van der Waals surface area contributed by atoms with Crippen LogP contribution >= 0.6 is 35.0 Å². The van der Waals surface area contributed by atoms with E-state index < -0.39 is 0 Å². The smallest absolute Gasteiger partial charge is 0.0468 e. The Hall–Kier alpha value is 0.110. The number of hydrogen-bond donors (Lipinski definition) is 1. The van der Waals surface area contributed by atoms with Crippen LogP contribution in [-0.2, 0) is 0 Å². The van der Waals surface area contributed by atoms with Crippen molar-refractivity contribution in [3.63, 3.8) is 0 Å². The molecule has 1 fully saturated rings. The molecule has 1 aromatic carbocycles. The van der Waals surface area contributed by atoms with Crippen LogP contribution < -0.4 is 5.32 Å². The minimum absolute atomic E-state index is 0.163. The summed E-state index contributed by atoms with van der Waals surface area (Å²) in [7, 11) is 0. The second kappa shape index (κ2) is 4.77. The molecule has 0 bridgehead atoms. The fourth-order valence-corrected chi connectivity index (χ4v) is 3.69. The molecule has 1 aliphatic heterocycles. The quantitative estimate of drug-likeness (QED) is 0.827. The molecule has 4 heteroatoms. The molecule has 16 heavy (non-hydrogen) atoms. The zero-order chi connectivity index (χ0) is 11.8. The van der Waals surface area contributed by atoms with E-state index in [2.05, 4.69) is 19.2 Å². The van der Waals surface area contributed by atoms with E-state index in [0.29, 0.717) is 11.1 Å². The standard InChI is InChI=1S/C12H15Cl2NS/c1-12(2)7-16-6-11(15-12)9-4-3-8(13)5-10(9)14/h3-5,11,15H,6-7H2,1-2H3. The SMILES string of the molecule is CC1(C)CSCC(c2ccc(Cl)cc2Cl)N1. The van der Waals surface area contributed by atoms with E-state index in [1.807, 2.05) is 30.0 Å². The molecule has 0 saturated carbocycles. The number of nitrogens with one attached hydrogen (secondary N) is 1. The maximum absolute atomic E-state index is 6.22. The molecule has 0 aromatic heterocycles. The van der Waals surface area contributed by atoms with E-state index in [4.69, 9.17) is 23.2 Å². The molecule has 1 atom stereocenters. The molecular weight excluding hydrogens is 261 g/mol. The minimum Gasteiger partial charge on any atom is -0.303 e. The summed E-state index contributed by atoms with van der Waals surface area (Å²) in [5.41, 5.74) is 1.31. The van der Waals surface area contributed by atoms with Crippen LogP contribution in [0, 0.1) is 0 Å². The van der Waals surface area contributed by atoms with Crippen molar-refractivity contribution in [3.05, 3.63) is 33.8 Å². The summed E-state index contributed by atoms with van der Waals surface area (Å²) in [6.07, 6.45) is 0. The third-order valence-corrected chi connectivity index (χ3v) is 4.71. The summed E-state index contributed by atoms with van der Waals surface area (Å²) >= 11 is 14.1. The van der Waals surface area contributed by atoms with E-state index in [0.717, 1.165) is 22.1 Å². The van der Waals surface area contributed by atoms with Crippen molar-refractivity contribution in [2.45, 2.75) is 25.4 Å². The molecule has 0 radical (unpaired) electrons. The molecule has 1 N–H and O–H groups in total. The lowest BCUT2D eigenvalue weighted by molar-refractivity contribution is 0.376. The van der Waals surface area contributed by atoms with Crippen LogP contribution in [0.2, 0.25) is 10.0 Å². The Labute approximate surface area is 111 Å². The van der Waals surface area contributed by atoms with Gasteiger partial charge in [-0.3, -0.25) is 0 Å². The Morgan fingerprint density at radius 3 is 2.75 bits per heavy atom. The van der Waals surface area contributed by atoms with Crippen molar-refractivity contribution in [1.82, 2.24) is 5.32 Å². The molecule has 1 heterocycles. The fourth-order valence-electron chi connectivity index (χ4n) is 1.94. The van der Waals surface area contributed by atoms with E-state index in [1.54, 1.807) is 0 Å². The normalized spacial score (nSPS) is 24.4. The largest absolute Gasteiger partial charge is 0.303 e. The Kier molecular flexibility index (Phi) is 3.75. The molecule has 0 spiro atoms. The highest BCUT2D eigenvalue weighted by Crippen LogP contribution is 2.33. The topological polar surface area (TPSA) is 12.0 Å². The van der Waals surface area contributed by atoms with Gasteiger partial charge >= 0.3 is 0 Å². The number of halogens is 2. The van der Waals surface area contributed by atoms with Gasteiger partial charge in [-0.25, -0.2) is 0 Å². The van der Waals surface area contributed by atoms with Crippen molar-refractivity contribution in [3.8, 4) is 0 Å². The summed E-state index contributed by atoms with van der Waals surface area (Å²) in [5, 5.41) is 5.07. The minimum atomic E-state index is 0.163. The van der Waals surface area contributed by atoms with Crippen molar-refractivity contribution in [1.29, 1.82) is 0 Å². The summed E-state index contributed by atoms with van der Waals surface area (Å²) in [5.74, 6) is 2.19. The van der Waals surface area contributed by atoms with Crippen LogP contribution in [0.15, 0.2) is 18.2 Å². The highest BCUT2D eigenvalue weighted by atomic mass is 35.5. The maximum Gasteiger partial charge on any atom is 0.0468 e. The third kappa shape index (κ3) is 2.86. The lowest BCUT2D eigenvalue weighted by atomic mass is 10.0. The summed E-state index contributed by atoms with van der Waals surface area (Å²) in [4.78, 5) is 0. The molecule has 1 aromatic rings. The van der Waals surface area contributed by atoms with Gasteiger partial charge < -0.3 is 5.32 Å². The van der Waals surface area contributed by atoms with Gasteiger partial charge in [-0.15, -0.1) is 0 Å². The van der Waals surface area contributed by atoms with Crippen molar-refractivity contribution in [2.75, 3.05) is 11.5 Å². The predicted molar refractivity (Wildman–Crippen MR) is 73.7 cm³/mol. The molecule has 1 unspecified atom stereocenters. The monoisotopic (exact) mass is 275 g/mol. The maximum atomic E-state index is 6.22. The Morgan fingerprint density at radius 2 is 2.12 bits per heavy atom. The van der Waals surface area contributed by atoms with E-state index in [9.17, 15) is 0 Å². The zero-order valence-corrected chi connectivity index (χ0v) is 11.7. The molecule has 2 rings (SSSR count). The lowest BCUT2D eigenvalue weighted by Crippen LogP contribution is -2.48. The highest BCUT2D eigenvalue weighted by molar-refractivity contribution is 7.99. The van der Waals surface area contributed by atoms with Crippen LogP contribution in [0.5, 0.6) is 0 Å². The molecule has 1 aliphatic rings. The van der Waals surface area contributed by atoms with Gasteiger partial charge in [0.25, 0.3) is 0 Å². The summed E-state index contributed by atoms with van der Waals surface area (Å²) in [6, 6.07) is 6.05. The molecular formula is C12H15Cl2NS. The zero-order valence-electron chi connectivity index (χ0n) is 9.39. The number of thioether (sulfide) groups is 1. The molecule has 0 amide bonds. The van der Waals surface area contributed by atoms with Gasteiger partial charge in [0.1, 0.15) is 0 Å². The van der Waals surface area contributed by atoms with Crippen LogP contribution in [-0.4, -0.2) is 17.0 Å². The van der Waals surface area contributed by atoms with Gasteiger partial charge in [0.2, 0.25) is 0 Å². The first-order chi connectivity index (χ1) is 7.48. The lowest BCUT2D eigenvalue weighted by Gasteiger charge is -2.37. The Morgan fingerprint density at radius 1 is 1.38 bits per heavy atom. The second-order valence-corrected chi connectivity index (χ2v) is 6.64. The van der Waals surface area contributed by atoms with Crippen LogP contribution in [0.4, 0.5) is 0 Å². The molecule has 0 aliphatic carbocycles. The van der Waals surface area contributed by atoms with E-state index in [-0.39, 0.29) is 5.54 Å². The first kappa shape index (κ1) is 12.6. The van der Waals surface area contributed by atoms with Gasteiger partial charge in [0.15, 0.2) is 0 Å². The number of rotatable bonds is 1. The Bertz CT molecular complexity index is 393. The average molecular weight is 276 g/mol. The van der Waals surface area contributed by atoms with Gasteiger partial charge in [0, 0.05) is 33.1 Å². The average Bonchev–Trinajstić information content (AvgIpc) is 2.15. The first-order valence-corrected chi connectivity index (χ1v) is 7.19. The summed E-state index contributed by atoms with van der Waals surface area (Å²) in [6.45, 7) is 4.44. The first-order valence-electron chi connectivity index (χ1n) is 5.28. The van der Waals surface area contributed by atoms with Crippen molar-refractivity contribution < 1.29 is 0 Å². The Balaban J connectivity index is 2.23. The van der Waals surface area contributed by atoms with Gasteiger partial charge in [-0.2, -0.15) is 11.8 Å². The van der Waals surface area contributed by atoms with Gasteiger partial charge in [-0.05, 0) is 31.5 Å². The fraction of sp³-hybridized carbons (Fsp3) is 0.500. The van der Waals surface area contributed by atoms with E-state index in [1.165, 1.54) is 0 Å². The number of hydrogen-bond acceptors (Lipinski definition) is 2. The molecule has 1 saturated heterocycles. The summed E-state index contributed by atoms with van der Waals surface area (Å²) < 4.78 is 0. The molecule has 88 valence electrons. The van der Waals surface area contributed by atoms with Crippen molar-refractivity contribution in [2.24, 2.45) is 0 Å². The van der Waals surface area contributed by atoms with Crippen LogP contribution in [0.3, 0.4) is 0 Å². The van der Waals surface area contributed by atoms with Crippen molar-refractivity contribution >= 4 is 35.0 Å². The highest BCUT2D eigenvalue weighted by Gasteiger charge is 2.29. The van der Waals surface area contributed by atoms with Gasteiger partial charge in [0.05, 0.1) is 0 Å². The van der Waals surface area contributed by atoms with Crippen LogP contribution in [0.25, 0.3) is 0 Å². The third-order valence-electron chi connectivity index (χ3n) is 2.65. The van der Waals surface area contributed by atoms with Crippen LogP contribution in [0.1, 0.15) is 25.5 Å². The van der Waals surface area contributed by atoms with Gasteiger partial charge in [-0.1, -0.05) is 29.3 Å². The van der Waals surface area contributed by atoms with E-state index >= 15 is 0 Å². The second-order valence-electron chi connectivity index (χ2n) is 4.76. The predicted octanol–water partition coefficient (Wildman–Crippen LogP) is 4.15.